The summed E-state index contributed by atoms with van der Waals surface area (Å²) >= 11 is 11.8. The summed E-state index contributed by atoms with van der Waals surface area (Å²) in [5, 5.41) is 0.952. The van der Waals surface area contributed by atoms with Crippen LogP contribution in [-0.4, -0.2) is 145 Å². The van der Waals surface area contributed by atoms with Crippen molar-refractivity contribution in [2.24, 2.45) is 0 Å². The molecule has 2 saturated heterocycles. The van der Waals surface area contributed by atoms with Gasteiger partial charge in [0, 0.05) is 89.5 Å². The number of pyridine rings is 2. The van der Waals surface area contributed by atoms with Crippen LogP contribution in [0.25, 0.3) is 0 Å². The lowest BCUT2D eigenvalue weighted by molar-refractivity contribution is -0.134. The molecule has 0 aliphatic carbocycles. The van der Waals surface area contributed by atoms with Crippen LogP contribution in [0, 0.1) is 0 Å². The summed E-state index contributed by atoms with van der Waals surface area (Å²) in [5.74, 6) is 0.255. The first kappa shape index (κ1) is 39.5. The van der Waals surface area contributed by atoms with E-state index in [0.29, 0.717) is 59.2 Å². The largest absolute Gasteiger partial charge is 0.412 e. The zero-order chi connectivity index (χ0) is 37.9. The van der Waals surface area contributed by atoms with Crippen molar-refractivity contribution in [1.29, 1.82) is 0 Å². The van der Waals surface area contributed by atoms with Gasteiger partial charge in [0.1, 0.15) is 11.6 Å². The number of hydrogen-bond donors (Lipinski definition) is 0. The summed E-state index contributed by atoms with van der Waals surface area (Å²) in [5.41, 5.74) is 1.57. The van der Waals surface area contributed by atoms with Gasteiger partial charge in [0.2, 0.25) is 11.8 Å². The number of nitrogens with zero attached hydrogens (tertiary/aromatic N) is 12. The Morgan fingerprint density at radius 2 is 0.945 bits per heavy atom. The molecular weight excluding hydrogens is 751 g/mol. The minimum absolute atomic E-state index is 0. The lowest BCUT2D eigenvalue weighted by atomic mass is 10.1. The first-order valence-corrected chi connectivity index (χ1v) is 18.3. The molecule has 0 radical (unpaired) electrons. The Bertz CT molecular complexity index is 1880. The number of likely N-dealkylation sites (N-methyl/N-ethyl adjacent to an activating group) is 2. The number of amides is 4. The van der Waals surface area contributed by atoms with E-state index in [2.05, 4.69) is 39.7 Å². The predicted octanol–water partition coefficient (Wildman–Crippen LogP) is 1.96. The number of carbonyl (C=O) groups is 4. The van der Waals surface area contributed by atoms with E-state index in [1.54, 1.807) is 24.3 Å². The van der Waals surface area contributed by atoms with E-state index in [1.165, 1.54) is 47.0 Å². The summed E-state index contributed by atoms with van der Waals surface area (Å²) in [6, 6.07) is 5.61. The van der Waals surface area contributed by atoms with Crippen molar-refractivity contribution in [3.8, 4) is 0 Å². The smallest absolute Gasteiger partial charge is 0.280 e. The second-order valence-electron chi connectivity index (χ2n) is 13.4. The first-order chi connectivity index (χ1) is 26.1. The molecule has 2 atom stereocenters. The molecule has 17 nitrogen and oxygen atoms in total. The highest BCUT2D eigenvalue weighted by Gasteiger charge is 2.44. The third-order valence-electron chi connectivity index (χ3n) is 9.92. The van der Waals surface area contributed by atoms with Gasteiger partial charge < -0.3 is 25.1 Å². The Hall–Kier alpha value is -5.20. The third-order valence-corrected chi connectivity index (χ3v) is 10.4. The highest BCUT2D eigenvalue weighted by molar-refractivity contribution is 6.30. The summed E-state index contributed by atoms with van der Waals surface area (Å²) in [4.78, 5) is 88.2. The number of anilines is 2. The number of rotatable bonds is 6. The molecule has 4 aliphatic heterocycles. The maximum absolute atomic E-state index is 12.9. The van der Waals surface area contributed by atoms with Gasteiger partial charge in [0.15, 0.2) is 11.4 Å². The second-order valence-corrected chi connectivity index (χ2v) is 14.3. The van der Waals surface area contributed by atoms with Gasteiger partial charge in [-0.05, 0) is 38.4 Å². The van der Waals surface area contributed by atoms with Crippen molar-refractivity contribution in [2.45, 2.75) is 24.9 Å². The molecule has 4 amide bonds. The normalized spacial score (nSPS) is 19.7. The molecule has 0 aromatic carbocycles. The van der Waals surface area contributed by atoms with Gasteiger partial charge in [-0.25, -0.2) is 19.9 Å². The summed E-state index contributed by atoms with van der Waals surface area (Å²) in [6.45, 7) is 6.10. The molecule has 0 saturated carbocycles. The third kappa shape index (κ3) is 8.40. The van der Waals surface area contributed by atoms with Crippen LogP contribution in [0.2, 0.25) is 10.0 Å². The Morgan fingerprint density at radius 3 is 1.29 bits per heavy atom. The quantitative estimate of drug-likeness (QED) is 0.276. The molecule has 19 heteroatoms. The van der Waals surface area contributed by atoms with Gasteiger partial charge in [-0.15, -0.1) is 0 Å². The highest BCUT2D eigenvalue weighted by Crippen LogP contribution is 2.38. The number of hydrogen-bond acceptors (Lipinski definition) is 12. The van der Waals surface area contributed by atoms with Gasteiger partial charge in [-0.3, -0.25) is 38.9 Å². The van der Waals surface area contributed by atoms with Crippen LogP contribution in [-0.2, 0) is 9.59 Å². The second kappa shape index (κ2) is 17.1. The number of halogens is 2. The Labute approximate surface area is 327 Å². The summed E-state index contributed by atoms with van der Waals surface area (Å²) < 4.78 is 0. The van der Waals surface area contributed by atoms with Gasteiger partial charge in [-0.1, -0.05) is 23.2 Å². The summed E-state index contributed by atoms with van der Waals surface area (Å²) in [7, 11) is 4.08. The van der Waals surface area contributed by atoms with Gasteiger partial charge in [-0.2, -0.15) is 0 Å². The van der Waals surface area contributed by atoms with E-state index < -0.39 is 12.1 Å². The number of aromatic nitrogens is 6. The molecule has 2 fully saturated rings. The van der Waals surface area contributed by atoms with Gasteiger partial charge >= 0.3 is 0 Å². The van der Waals surface area contributed by atoms with Crippen LogP contribution >= 0.6 is 23.2 Å². The van der Waals surface area contributed by atoms with Gasteiger partial charge in [0.05, 0.1) is 46.4 Å². The van der Waals surface area contributed by atoms with E-state index in [-0.39, 0.29) is 53.3 Å². The zero-order valence-corrected chi connectivity index (χ0v) is 31.8. The SMILES string of the molecule is CN1CCN(C(=O)CC2c3nccnc3C(=O)N2c2ccc(Cl)cn2)CC1.CN1CCN(C(=O)CC2c3nccnc3C(=O)N2c2ccc(Cl)cn2)CC1.O. The Kier molecular flexibility index (Phi) is 12.3. The average molecular weight is 792 g/mol. The van der Waals surface area contributed by atoms with Crippen LogP contribution in [0.4, 0.5) is 11.6 Å². The molecule has 0 spiro atoms. The molecule has 55 heavy (non-hydrogen) atoms. The van der Waals surface area contributed by atoms with Gasteiger partial charge in [0.25, 0.3) is 11.8 Å². The number of carbonyl (C=O) groups excluding carboxylic acids is 4. The van der Waals surface area contributed by atoms with E-state index >= 15 is 0 Å². The van der Waals surface area contributed by atoms with E-state index in [9.17, 15) is 19.2 Å². The van der Waals surface area contributed by atoms with E-state index in [4.69, 9.17) is 23.2 Å². The lowest BCUT2D eigenvalue weighted by Gasteiger charge is -2.33. The maximum atomic E-state index is 12.9. The standard InChI is InChI=1S/2C18H19ClN6O2.H2O/c2*1-23-6-8-24(9-7-23)15(26)10-13-16-17(21-5-4-20-16)18(27)25(13)14-3-2-12(19)11-22-14;/h2*2-5,11,13H,6-10H2,1H3;1H2. The molecule has 2 N–H and O–H groups in total. The average Bonchev–Trinajstić information content (AvgIpc) is 3.62. The fourth-order valence-corrected chi connectivity index (χ4v) is 7.12. The Balaban J connectivity index is 0.000000184. The van der Waals surface area contributed by atoms with Crippen molar-refractivity contribution in [2.75, 3.05) is 76.3 Å². The highest BCUT2D eigenvalue weighted by atomic mass is 35.5. The van der Waals surface area contributed by atoms with Crippen molar-refractivity contribution in [3.05, 3.63) is 94.3 Å². The predicted molar refractivity (Wildman–Crippen MR) is 203 cm³/mol. The molecule has 2 unspecified atom stereocenters. The van der Waals surface area contributed by atoms with Crippen LogP contribution in [0.3, 0.4) is 0 Å². The minimum Gasteiger partial charge on any atom is -0.412 e. The van der Waals surface area contributed by atoms with Crippen LogP contribution in [0.15, 0.2) is 61.4 Å². The fraction of sp³-hybridized carbons (Fsp3) is 0.389. The Morgan fingerprint density at radius 1 is 0.582 bits per heavy atom. The van der Waals surface area contributed by atoms with Crippen LogP contribution in [0.1, 0.15) is 57.3 Å². The van der Waals surface area contributed by atoms with Crippen LogP contribution in [0.5, 0.6) is 0 Å². The molecule has 8 heterocycles. The molecule has 288 valence electrons. The minimum atomic E-state index is -0.526. The molecule has 4 aromatic rings. The lowest BCUT2D eigenvalue weighted by Crippen LogP contribution is -2.48. The van der Waals surface area contributed by atoms with Crippen LogP contribution < -0.4 is 9.80 Å². The molecule has 8 rings (SSSR count). The van der Waals surface area contributed by atoms with Crippen molar-refractivity contribution in [1.82, 2.24) is 49.5 Å². The summed E-state index contributed by atoms with van der Waals surface area (Å²) in [6.07, 6.45) is 9.29. The van der Waals surface area contributed by atoms with Crippen molar-refractivity contribution in [3.63, 3.8) is 0 Å². The first-order valence-electron chi connectivity index (χ1n) is 17.5. The van der Waals surface area contributed by atoms with E-state index in [1.807, 2.05) is 23.9 Å². The maximum Gasteiger partial charge on any atom is 0.280 e. The fourth-order valence-electron chi connectivity index (χ4n) is 6.90. The number of fused-ring (bicyclic) bond motifs is 2. The molecular formula is C36H40Cl2N12O5. The molecule has 0 bridgehead atoms. The molecule has 4 aliphatic rings. The number of piperazine rings is 2. The van der Waals surface area contributed by atoms with Crippen molar-refractivity contribution < 1.29 is 24.7 Å². The van der Waals surface area contributed by atoms with E-state index in [0.717, 1.165) is 26.2 Å². The van der Waals surface area contributed by atoms with Crippen molar-refractivity contribution >= 4 is 58.5 Å². The zero-order valence-electron chi connectivity index (χ0n) is 30.3. The monoisotopic (exact) mass is 790 g/mol. The topological polar surface area (TPSA) is 197 Å². The molecule has 4 aromatic heterocycles.